The monoisotopic (exact) mass is 661 g/mol. The second-order valence-electron chi connectivity index (χ2n) is 7.79. The van der Waals surface area contributed by atoms with Crippen LogP contribution in [0.25, 0.3) is 6.08 Å². The Morgan fingerprint density at radius 2 is 1.81 bits per heavy atom. The fourth-order valence-electron chi connectivity index (χ4n) is 3.43. The zero-order valence-electron chi connectivity index (χ0n) is 18.7. The Hall–Kier alpha value is -3.58. The minimum atomic E-state index is -0.812. The lowest BCUT2D eigenvalue weighted by Gasteiger charge is -2.26. The molecule has 0 atom stereocenters. The molecule has 1 N–H and O–H groups in total. The van der Waals surface area contributed by atoms with Gasteiger partial charge in [-0.25, -0.2) is 9.69 Å². The van der Waals surface area contributed by atoms with Gasteiger partial charge in [0.15, 0.2) is 0 Å². The molecule has 36 heavy (non-hydrogen) atoms. The molecule has 182 valence electrons. The number of hydrogen-bond acceptors (Lipinski definition) is 6. The van der Waals surface area contributed by atoms with E-state index in [4.69, 9.17) is 4.74 Å². The molecule has 1 aliphatic heterocycles. The number of hydrogen-bond donors (Lipinski definition) is 1. The van der Waals surface area contributed by atoms with Gasteiger partial charge in [-0.3, -0.25) is 25.0 Å². The van der Waals surface area contributed by atoms with Crippen LogP contribution in [0, 0.1) is 20.6 Å². The number of halogens is 2. The molecule has 1 aliphatic rings. The summed E-state index contributed by atoms with van der Waals surface area (Å²) in [5.41, 5.74) is 2.34. The standard InChI is InChI=1S/C25H17BrIN3O6/c1-14-10-18(7-8-20(14)26)29-24(32)19(23(31)28-25(29)33)11-16-4-9-22(21(27)12-16)36-13-15-2-5-17(6-3-15)30(34)35/h2-12H,13H2,1H3,(H,28,31,33)/b19-11+. The lowest BCUT2D eigenvalue weighted by molar-refractivity contribution is -0.384. The molecule has 1 fully saturated rings. The molecule has 0 bridgehead atoms. The summed E-state index contributed by atoms with van der Waals surface area (Å²) in [6, 6.07) is 15.4. The third-order valence-corrected chi connectivity index (χ3v) is 7.04. The second-order valence-corrected chi connectivity index (χ2v) is 9.81. The van der Waals surface area contributed by atoms with Crippen LogP contribution in [0.2, 0.25) is 0 Å². The van der Waals surface area contributed by atoms with E-state index in [1.54, 1.807) is 48.5 Å². The summed E-state index contributed by atoms with van der Waals surface area (Å²) >= 11 is 5.46. The van der Waals surface area contributed by atoms with Gasteiger partial charge in [-0.05, 0) is 94.7 Å². The molecule has 3 aromatic rings. The van der Waals surface area contributed by atoms with Gasteiger partial charge in [0.2, 0.25) is 0 Å². The third-order valence-electron chi connectivity index (χ3n) is 5.31. The predicted molar refractivity (Wildman–Crippen MR) is 144 cm³/mol. The van der Waals surface area contributed by atoms with Crippen LogP contribution in [0.15, 0.2) is 70.7 Å². The van der Waals surface area contributed by atoms with Gasteiger partial charge in [-0.1, -0.05) is 22.0 Å². The largest absolute Gasteiger partial charge is 0.488 e. The number of imide groups is 2. The highest BCUT2D eigenvalue weighted by atomic mass is 127. The first-order valence-electron chi connectivity index (χ1n) is 10.5. The van der Waals surface area contributed by atoms with E-state index in [1.165, 1.54) is 18.2 Å². The summed E-state index contributed by atoms with van der Waals surface area (Å²) in [5, 5.41) is 13.0. The number of nitrogens with one attached hydrogen (secondary N) is 1. The molecule has 0 unspecified atom stereocenters. The van der Waals surface area contributed by atoms with Crippen molar-refractivity contribution < 1.29 is 24.0 Å². The van der Waals surface area contributed by atoms with Crippen molar-refractivity contribution in [2.75, 3.05) is 4.90 Å². The summed E-state index contributed by atoms with van der Waals surface area (Å²) in [6.45, 7) is 2.04. The molecular weight excluding hydrogens is 645 g/mol. The van der Waals surface area contributed by atoms with Crippen LogP contribution in [0.5, 0.6) is 5.75 Å². The van der Waals surface area contributed by atoms with Crippen LogP contribution in [-0.2, 0) is 16.2 Å². The predicted octanol–water partition coefficient (Wildman–Crippen LogP) is 5.52. The molecule has 0 aliphatic carbocycles. The highest BCUT2D eigenvalue weighted by molar-refractivity contribution is 14.1. The molecule has 3 aromatic carbocycles. The van der Waals surface area contributed by atoms with Gasteiger partial charge in [0.05, 0.1) is 14.2 Å². The first-order chi connectivity index (χ1) is 17.1. The summed E-state index contributed by atoms with van der Waals surface area (Å²) in [4.78, 5) is 49.3. The zero-order chi connectivity index (χ0) is 26.0. The van der Waals surface area contributed by atoms with Crippen molar-refractivity contribution in [3.63, 3.8) is 0 Å². The maximum absolute atomic E-state index is 13.1. The lowest BCUT2D eigenvalue weighted by atomic mass is 10.1. The number of nitro benzene ring substituents is 1. The number of urea groups is 1. The van der Waals surface area contributed by atoms with Crippen molar-refractivity contribution in [3.05, 3.63) is 101 Å². The number of barbiturate groups is 1. The average Bonchev–Trinajstić information content (AvgIpc) is 2.83. The van der Waals surface area contributed by atoms with Gasteiger partial charge in [0.25, 0.3) is 17.5 Å². The van der Waals surface area contributed by atoms with E-state index in [0.29, 0.717) is 17.0 Å². The highest BCUT2D eigenvalue weighted by Crippen LogP contribution is 2.28. The van der Waals surface area contributed by atoms with Crippen molar-refractivity contribution in [2.45, 2.75) is 13.5 Å². The number of carbonyl (C=O) groups is 3. The number of non-ortho nitro benzene ring substituents is 1. The van der Waals surface area contributed by atoms with Crippen LogP contribution in [0.1, 0.15) is 16.7 Å². The van der Waals surface area contributed by atoms with E-state index < -0.39 is 22.8 Å². The minimum Gasteiger partial charge on any atom is -0.488 e. The Bertz CT molecular complexity index is 1440. The molecular formula is C25H17BrIN3O6. The molecule has 9 nitrogen and oxygen atoms in total. The lowest BCUT2D eigenvalue weighted by Crippen LogP contribution is -2.54. The Morgan fingerprint density at radius 1 is 1.08 bits per heavy atom. The number of ether oxygens (including phenoxy) is 1. The Balaban J connectivity index is 1.53. The molecule has 0 aromatic heterocycles. The summed E-state index contributed by atoms with van der Waals surface area (Å²) in [5.74, 6) is -0.930. The van der Waals surface area contributed by atoms with Crippen molar-refractivity contribution in [2.24, 2.45) is 0 Å². The van der Waals surface area contributed by atoms with E-state index in [9.17, 15) is 24.5 Å². The van der Waals surface area contributed by atoms with Crippen LogP contribution in [-0.4, -0.2) is 22.8 Å². The normalized spacial score (nSPS) is 14.7. The maximum atomic E-state index is 13.1. The van der Waals surface area contributed by atoms with Gasteiger partial charge in [0.1, 0.15) is 17.9 Å². The molecule has 0 spiro atoms. The number of nitrogens with zero attached hydrogens (tertiary/aromatic N) is 2. The van der Waals surface area contributed by atoms with E-state index in [2.05, 4.69) is 43.8 Å². The molecule has 0 saturated carbocycles. The SMILES string of the molecule is Cc1cc(N2C(=O)NC(=O)/C(=C\c3ccc(OCc4ccc([N+](=O)[O-])cc4)c(I)c3)C2=O)ccc1Br. The smallest absolute Gasteiger partial charge is 0.335 e. The number of benzene rings is 3. The van der Waals surface area contributed by atoms with E-state index >= 15 is 0 Å². The second kappa shape index (κ2) is 10.6. The van der Waals surface area contributed by atoms with Crippen LogP contribution >= 0.6 is 38.5 Å². The van der Waals surface area contributed by atoms with Gasteiger partial charge in [-0.15, -0.1) is 0 Å². The first-order valence-corrected chi connectivity index (χ1v) is 12.3. The fourth-order valence-corrected chi connectivity index (χ4v) is 4.37. The van der Waals surface area contributed by atoms with Gasteiger partial charge in [-0.2, -0.15) is 0 Å². The number of rotatable bonds is 6. The summed E-state index contributed by atoms with van der Waals surface area (Å²) in [7, 11) is 0. The zero-order valence-corrected chi connectivity index (χ0v) is 22.4. The average molecular weight is 662 g/mol. The van der Waals surface area contributed by atoms with Gasteiger partial charge >= 0.3 is 6.03 Å². The van der Waals surface area contributed by atoms with E-state index in [-0.39, 0.29) is 17.9 Å². The summed E-state index contributed by atoms with van der Waals surface area (Å²) in [6.07, 6.45) is 1.42. The molecule has 4 rings (SSSR count). The fraction of sp³-hybridized carbons (Fsp3) is 0.0800. The van der Waals surface area contributed by atoms with Crippen LogP contribution < -0.4 is 15.0 Å². The van der Waals surface area contributed by atoms with E-state index in [1.807, 2.05) is 6.92 Å². The molecule has 4 amide bonds. The Labute approximate surface area is 227 Å². The van der Waals surface area contributed by atoms with Crippen molar-refractivity contribution in [3.8, 4) is 5.75 Å². The number of aryl methyl sites for hydroxylation is 1. The third kappa shape index (κ3) is 5.46. The maximum Gasteiger partial charge on any atom is 0.335 e. The van der Waals surface area contributed by atoms with Crippen molar-refractivity contribution >= 4 is 73.8 Å². The number of anilines is 1. The summed E-state index contributed by atoms with van der Waals surface area (Å²) < 4.78 is 7.37. The Kier molecular flexibility index (Phi) is 7.50. The van der Waals surface area contributed by atoms with E-state index in [0.717, 1.165) is 24.1 Å². The van der Waals surface area contributed by atoms with Gasteiger partial charge in [0, 0.05) is 16.6 Å². The van der Waals surface area contributed by atoms with Crippen LogP contribution in [0.4, 0.5) is 16.2 Å². The minimum absolute atomic E-state index is 0.00236. The topological polar surface area (TPSA) is 119 Å². The molecule has 1 saturated heterocycles. The number of nitro groups is 1. The molecule has 1 heterocycles. The Morgan fingerprint density at radius 3 is 2.44 bits per heavy atom. The molecule has 0 radical (unpaired) electrons. The van der Waals surface area contributed by atoms with Crippen molar-refractivity contribution in [1.82, 2.24) is 5.32 Å². The quantitative estimate of drug-likeness (QED) is 0.122. The van der Waals surface area contributed by atoms with Crippen LogP contribution in [0.3, 0.4) is 0 Å². The molecule has 11 heteroatoms. The number of carbonyl (C=O) groups excluding carboxylic acids is 3. The van der Waals surface area contributed by atoms with Crippen molar-refractivity contribution in [1.29, 1.82) is 0 Å². The number of amides is 4. The highest BCUT2D eigenvalue weighted by Gasteiger charge is 2.37. The first kappa shape index (κ1) is 25.5. The van der Waals surface area contributed by atoms with Gasteiger partial charge < -0.3 is 4.74 Å².